The number of carbonyl (C=O) groups is 1. The number of hydrogen-bond acceptors (Lipinski definition) is 6. The maximum Gasteiger partial charge on any atom is 0.305 e. The van der Waals surface area contributed by atoms with Gasteiger partial charge in [-0.2, -0.15) is 4.31 Å². The summed E-state index contributed by atoms with van der Waals surface area (Å²) in [6.45, 7) is 1.81. The zero-order valence-corrected chi connectivity index (χ0v) is 12.3. The van der Waals surface area contributed by atoms with Gasteiger partial charge in [0.2, 0.25) is 0 Å². The first-order valence-electron chi connectivity index (χ1n) is 5.83. The highest BCUT2D eigenvalue weighted by Crippen LogP contribution is 2.25. The van der Waals surface area contributed by atoms with E-state index >= 15 is 0 Å². The maximum absolute atomic E-state index is 12.5. The van der Waals surface area contributed by atoms with Gasteiger partial charge in [-0.1, -0.05) is 11.3 Å². The second-order valence-electron chi connectivity index (χ2n) is 4.37. The lowest BCUT2D eigenvalue weighted by molar-refractivity contribution is -0.139. The summed E-state index contributed by atoms with van der Waals surface area (Å²) in [5.74, 6) is -1.10. The number of aromatic amines is 1. The quantitative estimate of drug-likeness (QED) is 0.779. The molecule has 20 heavy (non-hydrogen) atoms. The largest absolute Gasteiger partial charge is 0.481 e. The number of thiazole rings is 1. The Labute approximate surface area is 119 Å². The summed E-state index contributed by atoms with van der Waals surface area (Å²) < 4.78 is 31.3. The molecular formula is C10H14N2O6S2. The van der Waals surface area contributed by atoms with Crippen LogP contribution in [0.15, 0.2) is 9.00 Å². The smallest absolute Gasteiger partial charge is 0.305 e. The van der Waals surface area contributed by atoms with Crippen LogP contribution in [-0.4, -0.2) is 54.6 Å². The highest BCUT2D eigenvalue weighted by atomic mass is 32.2. The zero-order valence-electron chi connectivity index (χ0n) is 10.7. The number of rotatable bonds is 4. The van der Waals surface area contributed by atoms with Gasteiger partial charge in [-0.3, -0.25) is 9.59 Å². The first-order valence-corrected chi connectivity index (χ1v) is 8.09. The average molecular weight is 322 g/mol. The third-order valence-electron chi connectivity index (χ3n) is 2.91. The number of carboxylic acid groups (broad SMARTS) is 1. The monoisotopic (exact) mass is 322 g/mol. The molecule has 10 heteroatoms. The summed E-state index contributed by atoms with van der Waals surface area (Å²) in [7, 11) is -3.89. The van der Waals surface area contributed by atoms with Crippen LogP contribution in [0.3, 0.4) is 0 Å². The molecule has 2 heterocycles. The summed E-state index contributed by atoms with van der Waals surface area (Å²) in [6, 6.07) is -0.761. The fourth-order valence-electron chi connectivity index (χ4n) is 2.06. The minimum Gasteiger partial charge on any atom is -0.481 e. The molecule has 1 aliphatic heterocycles. The summed E-state index contributed by atoms with van der Waals surface area (Å²) in [5.41, 5.74) is 0.264. The summed E-state index contributed by atoms with van der Waals surface area (Å²) >= 11 is 0.607. The number of nitrogens with one attached hydrogen (secondary N) is 1. The molecule has 112 valence electrons. The molecule has 1 aromatic heterocycles. The molecule has 8 nitrogen and oxygen atoms in total. The molecule has 1 saturated heterocycles. The molecule has 0 aliphatic carbocycles. The molecule has 0 amide bonds. The lowest BCUT2D eigenvalue weighted by atomic mass is 10.2. The van der Waals surface area contributed by atoms with Crippen LogP contribution in [0.5, 0.6) is 0 Å². The van der Waals surface area contributed by atoms with Crippen molar-refractivity contribution in [1.29, 1.82) is 0 Å². The van der Waals surface area contributed by atoms with E-state index < -0.39 is 26.9 Å². The SMILES string of the molecule is Cc1[nH]c(=O)sc1S(=O)(=O)N1CCOCC1CC(=O)O. The van der Waals surface area contributed by atoms with E-state index in [1.165, 1.54) is 6.92 Å². The van der Waals surface area contributed by atoms with E-state index in [-0.39, 0.29) is 36.1 Å². The van der Waals surface area contributed by atoms with Crippen LogP contribution in [0.1, 0.15) is 12.1 Å². The van der Waals surface area contributed by atoms with Crippen molar-refractivity contribution in [2.45, 2.75) is 23.6 Å². The number of aromatic nitrogens is 1. The Morgan fingerprint density at radius 1 is 1.60 bits per heavy atom. The van der Waals surface area contributed by atoms with Crippen molar-refractivity contribution in [3.63, 3.8) is 0 Å². The van der Waals surface area contributed by atoms with Gasteiger partial charge in [0.25, 0.3) is 10.0 Å². The van der Waals surface area contributed by atoms with E-state index in [9.17, 15) is 18.0 Å². The third kappa shape index (κ3) is 2.92. The molecule has 1 unspecified atom stereocenters. The molecule has 1 atom stereocenters. The van der Waals surface area contributed by atoms with E-state index in [2.05, 4.69) is 4.98 Å². The number of H-pyrrole nitrogens is 1. The molecule has 0 radical (unpaired) electrons. The fourth-order valence-corrected chi connectivity index (χ4v) is 5.07. The Morgan fingerprint density at radius 3 is 2.85 bits per heavy atom. The predicted molar refractivity (Wildman–Crippen MR) is 70.4 cm³/mol. The first kappa shape index (κ1) is 15.2. The van der Waals surface area contributed by atoms with Crippen LogP contribution in [-0.2, 0) is 19.6 Å². The van der Waals surface area contributed by atoms with Gasteiger partial charge >= 0.3 is 10.8 Å². The van der Waals surface area contributed by atoms with Crippen molar-refractivity contribution in [3.8, 4) is 0 Å². The Morgan fingerprint density at radius 2 is 2.30 bits per heavy atom. The van der Waals surface area contributed by atoms with Crippen LogP contribution >= 0.6 is 11.3 Å². The number of sulfonamides is 1. The van der Waals surface area contributed by atoms with Gasteiger partial charge in [-0.15, -0.1) is 0 Å². The highest BCUT2D eigenvalue weighted by Gasteiger charge is 2.37. The molecule has 1 fully saturated rings. The van der Waals surface area contributed by atoms with Gasteiger partial charge < -0.3 is 14.8 Å². The van der Waals surface area contributed by atoms with Gasteiger partial charge in [0, 0.05) is 12.2 Å². The van der Waals surface area contributed by atoms with Gasteiger partial charge in [0.15, 0.2) is 4.21 Å². The van der Waals surface area contributed by atoms with Crippen LogP contribution in [0, 0.1) is 6.92 Å². The molecule has 0 saturated carbocycles. The van der Waals surface area contributed by atoms with Gasteiger partial charge in [0.1, 0.15) is 0 Å². The molecule has 0 bridgehead atoms. The van der Waals surface area contributed by atoms with Crippen molar-refractivity contribution in [1.82, 2.24) is 9.29 Å². The van der Waals surface area contributed by atoms with Crippen molar-refractivity contribution in [2.75, 3.05) is 19.8 Å². The van der Waals surface area contributed by atoms with E-state index in [1.54, 1.807) is 0 Å². The second kappa shape index (κ2) is 5.64. The second-order valence-corrected chi connectivity index (χ2v) is 7.44. The van der Waals surface area contributed by atoms with Crippen LogP contribution in [0.4, 0.5) is 0 Å². The van der Waals surface area contributed by atoms with Gasteiger partial charge in [0.05, 0.1) is 25.7 Å². The molecule has 2 rings (SSSR count). The zero-order chi connectivity index (χ0) is 14.9. The average Bonchev–Trinajstić information content (AvgIpc) is 2.69. The number of aliphatic carboxylic acids is 1. The number of nitrogens with zero attached hydrogens (tertiary/aromatic N) is 1. The summed E-state index contributed by atoms with van der Waals surface area (Å²) in [4.78, 5) is 24.0. The van der Waals surface area contributed by atoms with Crippen LogP contribution < -0.4 is 4.87 Å². The molecule has 0 spiro atoms. The molecular weight excluding hydrogens is 308 g/mol. The Kier molecular flexibility index (Phi) is 4.28. The molecule has 2 N–H and O–H groups in total. The normalized spacial score (nSPS) is 20.9. The van der Waals surface area contributed by atoms with Crippen molar-refractivity contribution >= 4 is 27.3 Å². The molecule has 1 aromatic rings. The Balaban J connectivity index is 2.38. The molecule has 1 aliphatic rings. The van der Waals surface area contributed by atoms with E-state index in [0.717, 1.165) is 4.31 Å². The predicted octanol–water partition coefficient (Wildman–Crippen LogP) is -0.391. The first-order chi connectivity index (χ1) is 9.32. The minimum atomic E-state index is -3.89. The van der Waals surface area contributed by atoms with Crippen LogP contribution in [0.2, 0.25) is 0 Å². The van der Waals surface area contributed by atoms with E-state index in [1.807, 2.05) is 0 Å². The number of morpholine rings is 1. The summed E-state index contributed by atoms with van der Waals surface area (Å²) in [6.07, 6.45) is -0.336. The number of carboxylic acids is 1. The fraction of sp³-hybridized carbons (Fsp3) is 0.600. The Hall–Kier alpha value is -1.23. The topological polar surface area (TPSA) is 117 Å². The van der Waals surface area contributed by atoms with E-state index in [0.29, 0.717) is 11.3 Å². The van der Waals surface area contributed by atoms with Crippen molar-refractivity contribution < 1.29 is 23.1 Å². The standard InChI is InChI=1S/C10H14N2O6S2/c1-6-9(19-10(15)11-6)20(16,17)12-2-3-18-5-7(12)4-8(13)14/h7H,2-5H2,1H3,(H,11,15)(H,13,14). The van der Waals surface area contributed by atoms with Crippen molar-refractivity contribution in [3.05, 3.63) is 15.4 Å². The third-order valence-corrected chi connectivity index (χ3v) is 6.44. The van der Waals surface area contributed by atoms with E-state index in [4.69, 9.17) is 9.84 Å². The molecule has 0 aromatic carbocycles. The number of hydrogen-bond donors (Lipinski definition) is 2. The Bertz CT molecular complexity index is 662. The van der Waals surface area contributed by atoms with Crippen LogP contribution in [0.25, 0.3) is 0 Å². The van der Waals surface area contributed by atoms with Gasteiger partial charge in [-0.05, 0) is 6.92 Å². The lowest BCUT2D eigenvalue weighted by Gasteiger charge is -2.33. The highest BCUT2D eigenvalue weighted by molar-refractivity contribution is 7.91. The maximum atomic E-state index is 12.5. The number of aryl methyl sites for hydroxylation is 1. The minimum absolute atomic E-state index is 0.0316. The summed E-state index contributed by atoms with van der Waals surface area (Å²) in [5, 5.41) is 8.85. The van der Waals surface area contributed by atoms with Gasteiger partial charge in [-0.25, -0.2) is 8.42 Å². The van der Waals surface area contributed by atoms with Crippen molar-refractivity contribution in [2.24, 2.45) is 0 Å². The number of ether oxygens (including phenoxy) is 1. The lowest BCUT2D eigenvalue weighted by Crippen LogP contribution is -2.49.